The van der Waals surface area contributed by atoms with Crippen LogP contribution in [0.2, 0.25) is 0 Å². The molecule has 3 rings (SSSR count). The van der Waals surface area contributed by atoms with Crippen LogP contribution < -0.4 is 19.7 Å². The number of anilines is 1. The zero-order valence-corrected chi connectivity index (χ0v) is 22.6. The number of nitrogens with zero attached hydrogens (tertiary/aromatic N) is 3. The minimum absolute atomic E-state index is 0.334. The molecule has 12 heteroatoms. The fourth-order valence-electron chi connectivity index (χ4n) is 5.20. The molecule has 0 atom stereocenters. The summed E-state index contributed by atoms with van der Waals surface area (Å²) in [6.07, 6.45) is 6.69. The fourth-order valence-corrected chi connectivity index (χ4v) is 6.43. The number of rotatable bonds is 14. The molecular formula is C25H42FN5O5S. The summed E-state index contributed by atoms with van der Waals surface area (Å²) in [5.41, 5.74) is 0.755. The number of carboxylic acid groups (broad SMARTS) is 1. The minimum atomic E-state index is -3.60. The molecule has 0 unspecified atom stereocenters. The summed E-state index contributed by atoms with van der Waals surface area (Å²) in [6, 6.07) is 4.37. The van der Waals surface area contributed by atoms with Crippen LogP contribution in [0.3, 0.4) is 0 Å². The van der Waals surface area contributed by atoms with Crippen molar-refractivity contribution in [1.29, 1.82) is 0 Å². The Balaban J connectivity index is 1.43. The Kier molecular flexibility index (Phi) is 11.7. The Hall–Kier alpha value is -2.15. The third-order valence-corrected chi connectivity index (χ3v) is 8.78. The highest BCUT2D eigenvalue weighted by molar-refractivity contribution is 7.87. The third-order valence-electron chi connectivity index (χ3n) is 7.17. The van der Waals surface area contributed by atoms with E-state index in [1.54, 1.807) is 6.07 Å². The average Bonchev–Trinajstić information content (AvgIpc) is 2.89. The number of hydrogen-bond donors (Lipinski definition) is 3. The lowest BCUT2D eigenvalue weighted by molar-refractivity contribution is 0.187. The summed E-state index contributed by atoms with van der Waals surface area (Å²) in [7, 11) is -2.10. The van der Waals surface area contributed by atoms with Gasteiger partial charge in [0.15, 0.2) is 0 Å². The number of nitrogens with one attached hydrogen (secondary N) is 2. The normalized spacial score (nSPS) is 17.8. The maximum Gasteiger partial charge on any atom is 0.404 e. The van der Waals surface area contributed by atoms with Crippen LogP contribution in [0.4, 0.5) is 14.9 Å². The highest BCUT2D eigenvalue weighted by Crippen LogP contribution is 2.30. The van der Waals surface area contributed by atoms with Crippen LogP contribution in [-0.4, -0.2) is 94.8 Å². The van der Waals surface area contributed by atoms with E-state index in [0.29, 0.717) is 57.4 Å². The van der Waals surface area contributed by atoms with Gasteiger partial charge in [0.1, 0.15) is 11.6 Å². The molecule has 210 valence electrons. The van der Waals surface area contributed by atoms with E-state index in [-0.39, 0.29) is 5.82 Å². The van der Waals surface area contributed by atoms with Crippen LogP contribution >= 0.6 is 0 Å². The maximum atomic E-state index is 13.5. The van der Waals surface area contributed by atoms with Gasteiger partial charge in [0, 0.05) is 51.9 Å². The van der Waals surface area contributed by atoms with Crippen LogP contribution in [0.25, 0.3) is 0 Å². The largest absolute Gasteiger partial charge is 0.494 e. The van der Waals surface area contributed by atoms with Gasteiger partial charge >= 0.3 is 6.09 Å². The van der Waals surface area contributed by atoms with Gasteiger partial charge in [-0.15, -0.1) is 0 Å². The van der Waals surface area contributed by atoms with Gasteiger partial charge in [-0.2, -0.15) is 12.7 Å². The van der Waals surface area contributed by atoms with E-state index in [1.807, 2.05) is 4.90 Å². The second kappa shape index (κ2) is 14.7. The molecule has 1 heterocycles. The van der Waals surface area contributed by atoms with Gasteiger partial charge in [-0.05, 0) is 56.8 Å². The van der Waals surface area contributed by atoms with E-state index in [2.05, 4.69) is 14.9 Å². The number of methoxy groups -OCH3 is 1. The average molecular weight is 544 g/mol. The number of amides is 1. The topological polar surface area (TPSA) is 114 Å². The fraction of sp³-hybridized carbons (Fsp3) is 0.720. The first-order valence-electron chi connectivity index (χ1n) is 13.3. The molecule has 1 amide bonds. The number of hydrogen-bond acceptors (Lipinski definition) is 6. The molecule has 1 aliphatic carbocycles. The van der Waals surface area contributed by atoms with Gasteiger partial charge in [-0.1, -0.05) is 19.3 Å². The molecule has 0 spiro atoms. The van der Waals surface area contributed by atoms with Gasteiger partial charge in [0.05, 0.1) is 12.8 Å². The Labute approximate surface area is 220 Å². The first-order valence-corrected chi connectivity index (χ1v) is 14.7. The van der Waals surface area contributed by atoms with E-state index in [4.69, 9.17) is 9.84 Å². The lowest BCUT2D eigenvalue weighted by Gasteiger charge is -2.36. The van der Waals surface area contributed by atoms with Crippen LogP contribution in [0.15, 0.2) is 18.2 Å². The van der Waals surface area contributed by atoms with E-state index >= 15 is 0 Å². The summed E-state index contributed by atoms with van der Waals surface area (Å²) in [6.45, 7) is 4.95. The van der Waals surface area contributed by atoms with Crippen LogP contribution in [0.5, 0.6) is 5.75 Å². The molecule has 0 bridgehead atoms. The molecule has 1 aromatic rings. The Bertz CT molecular complexity index is 953. The molecule has 10 nitrogen and oxygen atoms in total. The second-order valence-corrected chi connectivity index (χ2v) is 11.6. The van der Waals surface area contributed by atoms with Crippen molar-refractivity contribution in [3.8, 4) is 5.75 Å². The van der Waals surface area contributed by atoms with E-state index < -0.39 is 16.3 Å². The van der Waals surface area contributed by atoms with E-state index in [0.717, 1.165) is 31.7 Å². The van der Waals surface area contributed by atoms with E-state index in [1.165, 1.54) is 55.7 Å². The van der Waals surface area contributed by atoms with Crippen molar-refractivity contribution < 1.29 is 27.4 Å². The van der Waals surface area contributed by atoms with Gasteiger partial charge in [-0.25, -0.2) is 13.9 Å². The summed E-state index contributed by atoms with van der Waals surface area (Å²) in [5, 5.41) is 11.2. The molecule has 1 saturated carbocycles. The summed E-state index contributed by atoms with van der Waals surface area (Å²) >= 11 is 0. The predicted octanol–water partition coefficient (Wildman–Crippen LogP) is 2.72. The highest BCUT2D eigenvalue weighted by atomic mass is 32.2. The SMILES string of the molecule is COc1cc(F)ccc1N1CCN(S(=O)(=O)NCCCN(CCCNC(=O)O)CC2CCCCC2)CC1. The molecule has 37 heavy (non-hydrogen) atoms. The quantitative estimate of drug-likeness (QED) is 0.309. The maximum absolute atomic E-state index is 13.5. The molecule has 1 aromatic carbocycles. The van der Waals surface area contributed by atoms with Crippen molar-refractivity contribution in [2.45, 2.75) is 44.9 Å². The monoisotopic (exact) mass is 543 g/mol. The Morgan fingerprint density at radius 2 is 1.78 bits per heavy atom. The van der Waals surface area contributed by atoms with Gasteiger partial charge in [0.25, 0.3) is 10.2 Å². The lowest BCUT2D eigenvalue weighted by atomic mass is 9.89. The zero-order chi connectivity index (χ0) is 26.7. The summed E-state index contributed by atoms with van der Waals surface area (Å²) in [5.74, 6) is 0.722. The van der Waals surface area contributed by atoms with Crippen LogP contribution in [-0.2, 0) is 10.2 Å². The summed E-state index contributed by atoms with van der Waals surface area (Å²) < 4.78 is 48.8. The van der Waals surface area contributed by atoms with Gasteiger partial charge in [0.2, 0.25) is 0 Å². The number of ether oxygens (including phenoxy) is 1. The number of piperazine rings is 1. The minimum Gasteiger partial charge on any atom is -0.494 e. The zero-order valence-electron chi connectivity index (χ0n) is 21.8. The van der Waals surface area contributed by atoms with Crippen molar-refractivity contribution >= 4 is 22.0 Å². The molecule has 2 aliphatic rings. The van der Waals surface area contributed by atoms with Crippen LogP contribution in [0, 0.1) is 11.7 Å². The van der Waals surface area contributed by atoms with Crippen LogP contribution in [0.1, 0.15) is 44.9 Å². The van der Waals surface area contributed by atoms with Crippen molar-refractivity contribution in [1.82, 2.24) is 19.2 Å². The van der Waals surface area contributed by atoms with Crippen molar-refractivity contribution in [3.05, 3.63) is 24.0 Å². The number of benzene rings is 1. The first kappa shape index (κ1) is 29.4. The number of carbonyl (C=O) groups is 1. The predicted molar refractivity (Wildman–Crippen MR) is 142 cm³/mol. The van der Waals surface area contributed by atoms with Crippen molar-refractivity contribution in [2.24, 2.45) is 5.92 Å². The standard InChI is InChI=1S/C25H42FN5O5S/c1-36-24-19-22(26)9-10-23(24)30-15-17-31(18-16-30)37(34,35)28-12-6-14-29(13-5-11-27-25(32)33)20-21-7-3-2-4-8-21/h9-10,19,21,27-28H,2-8,11-18,20H2,1H3,(H,32,33). The first-order chi connectivity index (χ1) is 17.8. The molecule has 3 N–H and O–H groups in total. The molecule has 0 radical (unpaired) electrons. The Morgan fingerprint density at radius 1 is 1.11 bits per heavy atom. The second-order valence-electron chi connectivity index (χ2n) is 9.85. The summed E-state index contributed by atoms with van der Waals surface area (Å²) in [4.78, 5) is 15.1. The van der Waals surface area contributed by atoms with Crippen molar-refractivity contribution in [3.63, 3.8) is 0 Å². The molecule has 1 aliphatic heterocycles. The van der Waals surface area contributed by atoms with Gasteiger partial charge < -0.3 is 25.0 Å². The third kappa shape index (κ3) is 9.59. The Morgan fingerprint density at radius 3 is 2.43 bits per heavy atom. The molecule has 2 fully saturated rings. The van der Waals surface area contributed by atoms with Gasteiger partial charge in [-0.3, -0.25) is 0 Å². The van der Waals surface area contributed by atoms with E-state index in [9.17, 15) is 17.6 Å². The molecular weight excluding hydrogens is 501 g/mol. The smallest absolute Gasteiger partial charge is 0.404 e. The number of halogens is 1. The molecule has 0 aromatic heterocycles. The van der Waals surface area contributed by atoms with Crippen molar-refractivity contribution in [2.75, 3.05) is 70.9 Å². The molecule has 1 saturated heterocycles. The highest BCUT2D eigenvalue weighted by Gasteiger charge is 2.28. The lowest BCUT2D eigenvalue weighted by Crippen LogP contribution is -2.52.